The fraction of sp³-hybridized carbons (Fsp3) is 0.269. The Labute approximate surface area is 211 Å². The van der Waals surface area contributed by atoms with Gasteiger partial charge in [-0.15, -0.1) is 0 Å². The monoisotopic (exact) mass is 517 g/mol. The van der Waals surface area contributed by atoms with Crippen LogP contribution in [0.25, 0.3) is 0 Å². The van der Waals surface area contributed by atoms with Gasteiger partial charge in [0.2, 0.25) is 0 Å². The molecule has 1 fully saturated rings. The number of methoxy groups -OCH3 is 1. The lowest BCUT2D eigenvalue weighted by Crippen LogP contribution is -2.38. The van der Waals surface area contributed by atoms with Gasteiger partial charge in [0.25, 0.3) is 11.8 Å². The summed E-state index contributed by atoms with van der Waals surface area (Å²) in [6.45, 7) is 0.934. The van der Waals surface area contributed by atoms with Gasteiger partial charge < -0.3 is 15.0 Å². The molecule has 2 heterocycles. The van der Waals surface area contributed by atoms with E-state index in [0.29, 0.717) is 13.1 Å². The van der Waals surface area contributed by atoms with Crippen LogP contribution in [0.2, 0.25) is 5.15 Å². The van der Waals surface area contributed by atoms with Crippen molar-refractivity contribution >= 4 is 29.1 Å². The Morgan fingerprint density at radius 2 is 1.69 bits per heavy atom. The summed E-state index contributed by atoms with van der Waals surface area (Å²) < 4.78 is 46.0. The van der Waals surface area contributed by atoms with Gasteiger partial charge in [0.15, 0.2) is 0 Å². The van der Waals surface area contributed by atoms with Crippen LogP contribution in [0, 0.1) is 0 Å². The van der Waals surface area contributed by atoms with Crippen LogP contribution in [-0.2, 0) is 6.18 Å². The van der Waals surface area contributed by atoms with Crippen molar-refractivity contribution in [1.82, 2.24) is 9.88 Å². The number of aromatic nitrogens is 1. The van der Waals surface area contributed by atoms with Gasteiger partial charge >= 0.3 is 6.18 Å². The van der Waals surface area contributed by atoms with E-state index < -0.39 is 23.3 Å². The van der Waals surface area contributed by atoms with Crippen molar-refractivity contribution in [3.63, 3.8) is 0 Å². The molecule has 1 saturated heterocycles. The minimum Gasteiger partial charge on any atom is -0.497 e. The zero-order valence-corrected chi connectivity index (χ0v) is 20.1. The zero-order chi connectivity index (χ0) is 25.9. The van der Waals surface area contributed by atoms with E-state index in [-0.39, 0.29) is 28.1 Å². The number of ether oxygens (including phenoxy) is 1. The van der Waals surface area contributed by atoms with Gasteiger partial charge in [-0.2, -0.15) is 13.2 Å². The minimum absolute atomic E-state index is 0.0323. The number of hydrogen-bond donors (Lipinski definition) is 1. The predicted octanol–water partition coefficient (Wildman–Crippen LogP) is 6.03. The molecule has 1 aliphatic rings. The number of rotatable bonds is 5. The first-order valence-electron chi connectivity index (χ1n) is 11.2. The number of benzene rings is 2. The lowest BCUT2D eigenvalue weighted by Gasteiger charge is -2.32. The molecule has 2 aromatic carbocycles. The molecule has 4 rings (SSSR count). The van der Waals surface area contributed by atoms with E-state index in [1.807, 2.05) is 24.3 Å². The fourth-order valence-electron chi connectivity index (χ4n) is 4.21. The Hall–Kier alpha value is -3.59. The number of anilines is 1. The standard InChI is InChI=1S/C26H23ClF3N3O3/c1-36-20-6-2-16(3-7-20)17-10-12-33(13-11-17)25(35)18-4-8-21(26(28,29)30)22(14-18)32-24(34)19-5-9-23(27)31-15-19/h2-9,14-15,17H,10-13H2,1H3,(H,32,34). The molecule has 10 heteroatoms. The van der Waals surface area contributed by atoms with Gasteiger partial charge in [0.1, 0.15) is 10.9 Å². The number of halogens is 4. The highest BCUT2D eigenvalue weighted by atomic mass is 35.5. The number of carbonyl (C=O) groups excluding carboxylic acids is 2. The third-order valence-corrected chi connectivity index (χ3v) is 6.40. The van der Waals surface area contributed by atoms with E-state index in [2.05, 4.69) is 10.3 Å². The molecule has 36 heavy (non-hydrogen) atoms. The highest BCUT2D eigenvalue weighted by Crippen LogP contribution is 2.36. The normalized spacial score (nSPS) is 14.4. The minimum atomic E-state index is -4.72. The molecule has 188 valence electrons. The van der Waals surface area contributed by atoms with Crippen molar-refractivity contribution in [1.29, 1.82) is 0 Å². The van der Waals surface area contributed by atoms with Crippen LogP contribution in [0.4, 0.5) is 18.9 Å². The third kappa shape index (κ3) is 5.79. The molecular weight excluding hydrogens is 495 g/mol. The SMILES string of the molecule is COc1ccc(C2CCN(C(=O)c3ccc(C(F)(F)F)c(NC(=O)c4ccc(Cl)nc4)c3)CC2)cc1. The van der Waals surface area contributed by atoms with Crippen molar-refractivity contribution < 1.29 is 27.5 Å². The summed E-state index contributed by atoms with van der Waals surface area (Å²) in [6.07, 6.45) is -2.11. The molecule has 1 N–H and O–H groups in total. The number of hydrogen-bond acceptors (Lipinski definition) is 4. The number of alkyl halides is 3. The summed E-state index contributed by atoms with van der Waals surface area (Å²) in [6, 6.07) is 13.5. The second-order valence-electron chi connectivity index (χ2n) is 8.42. The number of piperidine rings is 1. The largest absolute Gasteiger partial charge is 0.497 e. The molecule has 3 aromatic rings. The van der Waals surface area contributed by atoms with Gasteiger partial charge in [-0.05, 0) is 66.8 Å². The lowest BCUT2D eigenvalue weighted by molar-refractivity contribution is -0.136. The Bertz CT molecular complexity index is 1240. The maximum atomic E-state index is 13.6. The Morgan fingerprint density at radius 1 is 1.03 bits per heavy atom. The molecule has 0 spiro atoms. The molecule has 6 nitrogen and oxygen atoms in total. The first kappa shape index (κ1) is 25.5. The molecule has 0 saturated carbocycles. The van der Waals surface area contributed by atoms with Crippen molar-refractivity contribution in [2.45, 2.75) is 24.9 Å². The number of amides is 2. The quantitative estimate of drug-likeness (QED) is 0.419. The predicted molar refractivity (Wildman–Crippen MR) is 130 cm³/mol. The summed E-state index contributed by atoms with van der Waals surface area (Å²) in [5.41, 5.74) is -0.298. The Balaban J connectivity index is 1.49. The average Bonchev–Trinajstić information content (AvgIpc) is 2.88. The van der Waals surface area contributed by atoms with Crippen LogP contribution in [0.5, 0.6) is 5.75 Å². The highest BCUT2D eigenvalue weighted by molar-refractivity contribution is 6.29. The van der Waals surface area contributed by atoms with Crippen molar-refractivity contribution in [2.24, 2.45) is 0 Å². The van der Waals surface area contributed by atoms with Gasteiger partial charge in [-0.3, -0.25) is 9.59 Å². The van der Waals surface area contributed by atoms with Gasteiger partial charge in [-0.1, -0.05) is 23.7 Å². The molecular formula is C26H23ClF3N3O3. The van der Waals surface area contributed by atoms with E-state index in [0.717, 1.165) is 48.6 Å². The average molecular weight is 518 g/mol. The Morgan fingerprint density at radius 3 is 2.28 bits per heavy atom. The number of likely N-dealkylation sites (tertiary alicyclic amines) is 1. The van der Waals surface area contributed by atoms with Crippen LogP contribution in [0.15, 0.2) is 60.8 Å². The maximum Gasteiger partial charge on any atom is 0.418 e. The van der Waals surface area contributed by atoms with Crippen LogP contribution >= 0.6 is 11.6 Å². The van der Waals surface area contributed by atoms with E-state index >= 15 is 0 Å². The summed E-state index contributed by atoms with van der Waals surface area (Å²) in [7, 11) is 1.60. The van der Waals surface area contributed by atoms with Crippen LogP contribution in [-0.4, -0.2) is 41.9 Å². The van der Waals surface area contributed by atoms with Crippen molar-refractivity contribution in [3.8, 4) is 5.75 Å². The Kier molecular flexibility index (Phi) is 7.49. The van der Waals surface area contributed by atoms with Gasteiger partial charge in [0.05, 0.1) is 23.9 Å². The van der Waals surface area contributed by atoms with Gasteiger partial charge in [-0.25, -0.2) is 4.98 Å². The molecule has 0 bridgehead atoms. The fourth-order valence-corrected chi connectivity index (χ4v) is 4.32. The van der Waals surface area contributed by atoms with E-state index in [1.165, 1.54) is 12.1 Å². The summed E-state index contributed by atoms with van der Waals surface area (Å²) in [5, 5.41) is 2.41. The van der Waals surface area contributed by atoms with Crippen LogP contribution in [0.1, 0.15) is 50.6 Å². The molecule has 0 atom stereocenters. The van der Waals surface area contributed by atoms with Crippen molar-refractivity contribution in [2.75, 3.05) is 25.5 Å². The number of nitrogens with one attached hydrogen (secondary N) is 1. The molecule has 0 radical (unpaired) electrons. The molecule has 1 aliphatic heterocycles. The van der Waals surface area contributed by atoms with Crippen LogP contribution < -0.4 is 10.1 Å². The van der Waals surface area contributed by atoms with Crippen molar-refractivity contribution in [3.05, 3.63) is 88.2 Å². The lowest BCUT2D eigenvalue weighted by atomic mass is 9.89. The number of pyridine rings is 1. The van der Waals surface area contributed by atoms with E-state index in [1.54, 1.807) is 12.0 Å². The second kappa shape index (κ2) is 10.6. The molecule has 2 amide bonds. The van der Waals surface area contributed by atoms with Crippen LogP contribution in [0.3, 0.4) is 0 Å². The number of nitrogens with zero attached hydrogens (tertiary/aromatic N) is 2. The summed E-state index contributed by atoms with van der Waals surface area (Å²) in [5.74, 6) is -0.144. The summed E-state index contributed by atoms with van der Waals surface area (Å²) in [4.78, 5) is 31.1. The highest BCUT2D eigenvalue weighted by Gasteiger charge is 2.35. The first-order valence-corrected chi connectivity index (χ1v) is 11.6. The third-order valence-electron chi connectivity index (χ3n) is 6.18. The smallest absolute Gasteiger partial charge is 0.418 e. The van der Waals surface area contributed by atoms with E-state index in [4.69, 9.17) is 16.3 Å². The molecule has 0 unspecified atom stereocenters. The zero-order valence-electron chi connectivity index (χ0n) is 19.3. The maximum absolute atomic E-state index is 13.6. The summed E-state index contributed by atoms with van der Waals surface area (Å²) >= 11 is 5.71. The number of carbonyl (C=O) groups is 2. The topological polar surface area (TPSA) is 71.5 Å². The second-order valence-corrected chi connectivity index (χ2v) is 8.81. The molecule has 0 aliphatic carbocycles. The molecule has 1 aromatic heterocycles. The van der Waals surface area contributed by atoms with E-state index in [9.17, 15) is 22.8 Å². The first-order chi connectivity index (χ1) is 17.2. The van der Waals surface area contributed by atoms with Gasteiger partial charge in [0, 0.05) is 24.8 Å².